The average Bonchev–Trinajstić information content (AvgIpc) is 2.69. The molecule has 1 heterocycles. The van der Waals surface area contributed by atoms with E-state index in [0.29, 0.717) is 11.5 Å². The predicted molar refractivity (Wildman–Crippen MR) is 107 cm³/mol. The van der Waals surface area contributed by atoms with E-state index in [1.54, 1.807) is 0 Å². The van der Waals surface area contributed by atoms with E-state index >= 15 is 0 Å². The van der Waals surface area contributed by atoms with Crippen LogP contribution in [0.5, 0.6) is 0 Å². The summed E-state index contributed by atoms with van der Waals surface area (Å²) in [6, 6.07) is 22.7. The predicted octanol–water partition coefficient (Wildman–Crippen LogP) is 5.26. The number of benzene rings is 2. The summed E-state index contributed by atoms with van der Waals surface area (Å²) >= 11 is 0. The first-order chi connectivity index (χ1) is 13.2. The van der Waals surface area contributed by atoms with Gasteiger partial charge >= 0.3 is 0 Å². The van der Waals surface area contributed by atoms with E-state index in [4.69, 9.17) is 10.5 Å². The Balaban J connectivity index is 1.87. The van der Waals surface area contributed by atoms with E-state index in [1.165, 1.54) is 0 Å². The van der Waals surface area contributed by atoms with Crippen LogP contribution in [-0.2, 0) is 4.74 Å². The molecule has 27 heavy (non-hydrogen) atoms. The molecule has 2 N–H and O–H groups in total. The Morgan fingerprint density at radius 1 is 1.04 bits per heavy atom. The highest BCUT2D eigenvalue weighted by molar-refractivity contribution is 5.62. The lowest BCUT2D eigenvalue weighted by molar-refractivity contribution is 0.268. The molecule has 0 spiro atoms. The molecule has 0 saturated carbocycles. The fourth-order valence-electron chi connectivity index (χ4n) is 4.08. The third kappa shape index (κ3) is 3.27. The fourth-order valence-corrected chi connectivity index (χ4v) is 4.08. The van der Waals surface area contributed by atoms with Crippen LogP contribution in [0.3, 0.4) is 0 Å². The second-order valence-corrected chi connectivity index (χ2v) is 7.28. The van der Waals surface area contributed by atoms with Gasteiger partial charge in [-0.1, -0.05) is 67.6 Å². The van der Waals surface area contributed by atoms with Gasteiger partial charge in [-0.05, 0) is 47.1 Å². The molecular formula is C24H22N2O. The van der Waals surface area contributed by atoms with Gasteiger partial charge in [0.25, 0.3) is 0 Å². The molecule has 0 amide bonds. The Bertz CT molecular complexity index is 978. The highest BCUT2D eigenvalue weighted by Crippen LogP contribution is 2.48. The Morgan fingerprint density at radius 2 is 1.70 bits per heavy atom. The van der Waals surface area contributed by atoms with Crippen LogP contribution in [0.15, 0.2) is 89.0 Å². The molecule has 4 rings (SSSR count). The topological polar surface area (TPSA) is 59.0 Å². The van der Waals surface area contributed by atoms with Gasteiger partial charge in [-0.3, -0.25) is 0 Å². The number of ether oxygens (including phenoxy) is 1. The zero-order valence-corrected chi connectivity index (χ0v) is 15.4. The maximum atomic E-state index is 9.75. The number of nitrogens with zero attached hydrogens (tertiary/aromatic N) is 1. The highest BCUT2D eigenvalue weighted by atomic mass is 16.5. The van der Waals surface area contributed by atoms with Crippen LogP contribution in [-0.4, -0.2) is 0 Å². The zero-order chi connectivity index (χ0) is 18.8. The van der Waals surface area contributed by atoms with Gasteiger partial charge < -0.3 is 10.5 Å². The van der Waals surface area contributed by atoms with Gasteiger partial charge in [0.05, 0.1) is 0 Å². The van der Waals surface area contributed by atoms with Crippen LogP contribution in [0.2, 0.25) is 0 Å². The van der Waals surface area contributed by atoms with Crippen molar-refractivity contribution in [2.45, 2.75) is 25.7 Å². The summed E-state index contributed by atoms with van der Waals surface area (Å²) in [5.41, 5.74) is 11.2. The monoisotopic (exact) mass is 354 g/mol. The minimum absolute atomic E-state index is 0.137. The van der Waals surface area contributed by atoms with Crippen LogP contribution < -0.4 is 5.73 Å². The summed E-state index contributed by atoms with van der Waals surface area (Å²) in [5.74, 6) is 1.41. The Hall–Kier alpha value is -3.25. The van der Waals surface area contributed by atoms with Crippen LogP contribution in [0, 0.1) is 17.2 Å². The van der Waals surface area contributed by atoms with E-state index in [9.17, 15) is 5.26 Å². The van der Waals surface area contributed by atoms with E-state index in [-0.39, 0.29) is 11.8 Å². The Labute approximate surface area is 160 Å². The lowest BCUT2D eigenvalue weighted by atomic mass is 9.74. The minimum atomic E-state index is -0.137. The minimum Gasteiger partial charge on any atom is -0.440 e. The van der Waals surface area contributed by atoms with E-state index in [2.05, 4.69) is 43.3 Å². The van der Waals surface area contributed by atoms with Crippen molar-refractivity contribution < 1.29 is 4.74 Å². The molecule has 3 heteroatoms. The summed E-state index contributed by atoms with van der Waals surface area (Å²) < 4.78 is 6.02. The van der Waals surface area contributed by atoms with Gasteiger partial charge in [0.1, 0.15) is 17.4 Å². The molecule has 134 valence electrons. The van der Waals surface area contributed by atoms with Crippen molar-refractivity contribution in [2.75, 3.05) is 0 Å². The Kier molecular flexibility index (Phi) is 4.56. The molecule has 0 aromatic heterocycles. The van der Waals surface area contributed by atoms with Crippen LogP contribution in [0.4, 0.5) is 0 Å². The SMILES string of the molecule is CC1CC2=C(OC(N)=C(C#N)C2c2ccccc2)/C(=C/c2ccccc2)C1. The van der Waals surface area contributed by atoms with Crippen molar-refractivity contribution in [1.82, 2.24) is 0 Å². The standard InChI is InChI=1S/C24H22N2O/c1-16-12-19(14-17-8-4-2-5-9-17)23-20(13-16)22(18-10-6-3-7-11-18)21(15-25)24(26)27-23/h2-11,14,16,22H,12-13,26H2,1H3/b19-14+. The molecule has 2 aliphatic rings. The van der Waals surface area contributed by atoms with Crippen LogP contribution in [0.25, 0.3) is 6.08 Å². The summed E-state index contributed by atoms with van der Waals surface area (Å²) in [7, 11) is 0. The molecule has 1 aliphatic heterocycles. The normalized spacial score (nSPS) is 23.6. The molecule has 3 nitrogen and oxygen atoms in total. The number of hydrogen-bond donors (Lipinski definition) is 1. The van der Waals surface area contributed by atoms with Crippen molar-refractivity contribution in [1.29, 1.82) is 5.26 Å². The molecule has 0 saturated heterocycles. The average molecular weight is 354 g/mol. The molecule has 2 aromatic rings. The number of rotatable bonds is 2. The number of hydrogen-bond acceptors (Lipinski definition) is 3. The fraction of sp³-hybridized carbons (Fsp3) is 0.208. The molecule has 1 aliphatic carbocycles. The first-order valence-corrected chi connectivity index (χ1v) is 9.29. The molecule has 2 aromatic carbocycles. The third-order valence-corrected chi connectivity index (χ3v) is 5.23. The smallest absolute Gasteiger partial charge is 0.205 e. The van der Waals surface area contributed by atoms with E-state index in [1.807, 2.05) is 36.4 Å². The molecule has 0 fully saturated rings. The van der Waals surface area contributed by atoms with Gasteiger partial charge in [0.2, 0.25) is 5.88 Å². The van der Waals surface area contributed by atoms with Gasteiger partial charge in [-0.25, -0.2) is 0 Å². The second-order valence-electron chi connectivity index (χ2n) is 7.28. The molecule has 2 atom stereocenters. The van der Waals surface area contributed by atoms with Gasteiger partial charge in [-0.15, -0.1) is 0 Å². The van der Waals surface area contributed by atoms with Crippen molar-refractivity contribution in [2.24, 2.45) is 11.7 Å². The molecule has 0 radical (unpaired) electrons. The van der Waals surface area contributed by atoms with Gasteiger partial charge in [-0.2, -0.15) is 5.26 Å². The van der Waals surface area contributed by atoms with Crippen molar-refractivity contribution in [3.63, 3.8) is 0 Å². The Morgan fingerprint density at radius 3 is 2.37 bits per heavy atom. The highest BCUT2D eigenvalue weighted by Gasteiger charge is 2.37. The summed E-state index contributed by atoms with van der Waals surface area (Å²) in [6.07, 6.45) is 4.02. The van der Waals surface area contributed by atoms with E-state index in [0.717, 1.165) is 40.9 Å². The number of nitriles is 1. The number of allylic oxidation sites excluding steroid dienone is 3. The number of nitrogens with two attached hydrogens (primary N) is 1. The summed E-state index contributed by atoms with van der Waals surface area (Å²) in [6.45, 7) is 2.25. The lowest BCUT2D eigenvalue weighted by Gasteiger charge is -2.35. The maximum Gasteiger partial charge on any atom is 0.205 e. The maximum absolute atomic E-state index is 9.75. The third-order valence-electron chi connectivity index (χ3n) is 5.23. The summed E-state index contributed by atoms with van der Waals surface area (Å²) in [5, 5.41) is 9.75. The summed E-state index contributed by atoms with van der Waals surface area (Å²) in [4.78, 5) is 0. The molecule has 0 bridgehead atoms. The first kappa shape index (κ1) is 17.2. The largest absolute Gasteiger partial charge is 0.440 e. The van der Waals surface area contributed by atoms with Gasteiger partial charge in [0.15, 0.2) is 0 Å². The van der Waals surface area contributed by atoms with Gasteiger partial charge in [0, 0.05) is 5.92 Å². The lowest BCUT2D eigenvalue weighted by Crippen LogP contribution is -2.25. The van der Waals surface area contributed by atoms with Crippen molar-refractivity contribution in [3.8, 4) is 6.07 Å². The van der Waals surface area contributed by atoms with Crippen molar-refractivity contribution in [3.05, 3.63) is 100 Å². The van der Waals surface area contributed by atoms with Crippen molar-refractivity contribution >= 4 is 6.08 Å². The molecule has 2 unspecified atom stereocenters. The second kappa shape index (κ2) is 7.17. The quantitative estimate of drug-likeness (QED) is 0.800. The van der Waals surface area contributed by atoms with Crippen LogP contribution in [0.1, 0.15) is 36.8 Å². The zero-order valence-electron chi connectivity index (χ0n) is 15.4. The van der Waals surface area contributed by atoms with E-state index < -0.39 is 0 Å². The first-order valence-electron chi connectivity index (χ1n) is 9.29. The van der Waals surface area contributed by atoms with Crippen LogP contribution >= 0.6 is 0 Å². The molecular weight excluding hydrogens is 332 g/mol.